The van der Waals surface area contributed by atoms with E-state index in [1.807, 2.05) is 24.3 Å². The Hall–Kier alpha value is -3.13. The van der Waals surface area contributed by atoms with Crippen LogP contribution in [0.2, 0.25) is 0 Å². The van der Waals surface area contributed by atoms with Gasteiger partial charge < -0.3 is 9.47 Å². The molecule has 0 unspecified atom stereocenters. The summed E-state index contributed by atoms with van der Waals surface area (Å²) in [5.74, 6) is 1.04. The van der Waals surface area contributed by atoms with Crippen LogP contribution in [0.3, 0.4) is 0 Å². The molecule has 0 aromatic heterocycles. The summed E-state index contributed by atoms with van der Waals surface area (Å²) in [7, 11) is 0. The third-order valence-electron chi connectivity index (χ3n) is 4.53. The first-order chi connectivity index (χ1) is 15.3. The molecule has 0 fully saturated rings. The quantitative estimate of drug-likeness (QED) is 0.390. The number of nitrogens with one attached hydrogen (secondary N) is 3. The maximum Gasteiger partial charge on any atom is 0.276 e. The highest BCUT2D eigenvalue weighted by molar-refractivity contribution is 7.80. The minimum atomic E-state index is -0.433. The average molecular weight is 458 g/mol. The van der Waals surface area contributed by atoms with E-state index in [4.69, 9.17) is 21.7 Å². The van der Waals surface area contributed by atoms with Crippen LogP contribution >= 0.6 is 12.2 Å². The molecule has 2 aromatic carbocycles. The van der Waals surface area contributed by atoms with Crippen molar-refractivity contribution in [3.05, 3.63) is 59.7 Å². The number of benzene rings is 2. The van der Waals surface area contributed by atoms with Gasteiger partial charge in [0.1, 0.15) is 11.5 Å². The highest BCUT2D eigenvalue weighted by Gasteiger charge is 2.14. The molecule has 0 aliphatic rings. The van der Waals surface area contributed by atoms with Crippen LogP contribution in [0.4, 0.5) is 0 Å². The van der Waals surface area contributed by atoms with Crippen molar-refractivity contribution in [1.82, 2.24) is 16.2 Å². The number of carbonyl (C=O) groups is 2. The average Bonchev–Trinajstić information content (AvgIpc) is 2.76. The lowest BCUT2D eigenvalue weighted by molar-refractivity contribution is -0.123. The molecular formula is C24H31N3O4S. The largest absolute Gasteiger partial charge is 0.493 e. The Bertz CT molecular complexity index is 931. The summed E-state index contributed by atoms with van der Waals surface area (Å²) in [6.45, 7) is 8.64. The second-order valence-electron chi connectivity index (χ2n) is 7.96. The maximum absolute atomic E-state index is 12.6. The summed E-state index contributed by atoms with van der Waals surface area (Å²) in [5, 5.41) is 2.50. The Morgan fingerprint density at radius 1 is 0.906 bits per heavy atom. The molecule has 0 bridgehead atoms. The van der Waals surface area contributed by atoms with Crippen LogP contribution in [0.15, 0.2) is 48.5 Å². The van der Waals surface area contributed by atoms with Gasteiger partial charge >= 0.3 is 0 Å². The topological polar surface area (TPSA) is 88.7 Å². The molecule has 0 spiro atoms. The van der Waals surface area contributed by atoms with E-state index in [1.165, 1.54) is 0 Å². The van der Waals surface area contributed by atoms with Gasteiger partial charge in [-0.25, -0.2) is 0 Å². The number of para-hydroxylation sites is 2. The number of hydrogen-bond donors (Lipinski definition) is 3. The van der Waals surface area contributed by atoms with Gasteiger partial charge in [-0.1, -0.05) is 58.0 Å². The molecule has 0 aliphatic heterocycles. The van der Waals surface area contributed by atoms with Crippen molar-refractivity contribution in [2.24, 2.45) is 5.92 Å². The number of amides is 2. The minimum Gasteiger partial charge on any atom is -0.493 e. The zero-order valence-corrected chi connectivity index (χ0v) is 19.8. The predicted molar refractivity (Wildman–Crippen MR) is 129 cm³/mol. The molecule has 172 valence electrons. The molecule has 0 saturated heterocycles. The maximum atomic E-state index is 12.6. The fourth-order valence-corrected chi connectivity index (χ4v) is 2.92. The van der Waals surface area contributed by atoms with Gasteiger partial charge in [-0.2, -0.15) is 0 Å². The smallest absolute Gasteiger partial charge is 0.276 e. The van der Waals surface area contributed by atoms with Crippen molar-refractivity contribution >= 4 is 29.1 Å². The normalized spacial score (nSPS) is 10.6. The number of hydrogen-bond acceptors (Lipinski definition) is 5. The zero-order chi connectivity index (χ0) is 23.5. The van der Waals surface area contributed by atoms with E-state index in [0.29, 0.717) is 29.6 Å². The van der Waals surface area contributed by atoms with Crippen molar-refractivity contribution in [3.8, 4) is 11.5 Å². The fraction of sp³-hybridized carbons (Fsp3) is 0.375. The van der Waals surface area contributed by atoms with Gasteiger partial charge in [-0.3, -0.25) is 25.8 Å². The van der Waals surface area contributed by atoms with Gasteiger partial charge in [0.15, 0.2) is 11.7 Å². The third-order valence-corrected chi connectivity index (χ3v) is 4.73. The third kappa shape index (κ3) is 8.19. The fourth-order valence-electron chi connectivity index (χ4n) is 2.78. The highest BCUT2D eigenvalue weighted by Crippen LogP contribution is 2.25. The van der Waals surface area contributed by atoms with Crippen molar-refractivity contribution in [2.75, 3.05) is 13.2 Å². The van der Waals surface area contributed by atoms with E-state index in [9.17, 15) is 9.59 Å². The molecule has 0 saturated carbocycles. The SMILES string of the molecule is CC(C)CCOc1ccccc1C(=O)NC(=S)NNC(=O)COc1ccccc1C(C)C. The molecule has 0 aliphatic carbocycles. The molecule has 0 radical (unpaired) electrons. The van der Waals surface area contributed by atoms with Gasteiger partial charge in [0.05, 0.1) is 12.2 Å². The van der Waals surface area contributed by atoms with Crippen LogP contribution in [0.1, 0.15) is 56.0 Å². The van der Waals surface area contributed by atoms with Crippen LogP contribution in [-0.2, 0) is 4.79 Å². The Morgan fingerprint density at radius 2 is 1.56 bits per heavy atom. The monoisotopic (exact) mass is 457 g/mol. The standard InChI is InChI=1S/C24H31N3O4S/c1-16(2)13-14-30-21-12-8-6-10-19(21)23(29)25-24(32)27-26-22(28)15-31-20-11-7-5-9-18(20)17(3)4/h5-12,16-17H,13-15H2,1-4H3,(H,26,28)(H2,25,27,29,32). The molecule has 0 heterocycles. The van der Waals surface area contributed by atoms with Gasteiger partial charge in [0, 0.05) is 0 Å². The first kappa shape index (κ1) is 25.1. The molecule has 8 heteroatoms. The Morgan fingerprint density at radius 3 is 2.25 bits per heavy atom. The van der Waals surface area contributed by atoms with Crippen LogP contribution in [0.25, 0.3) is 0 Å². The molecule has 2 amide bonds. The van der Waals surface area contributed by atoms with E-state index in [1.54, 1.807) is 24.3 Å². The number of ether oxygens (including phenoxy) is 2. The molecular weight excluding hydrogens is 426 g/mol. The molecule has 32 heavy (non-hydrogen) atoms. The minimum absolute atomic E-state index is 0.0390. The molecule has 0 atom stereocenters. The number of hydrazine groups is 1. The van der Waals surface area contributed by atoms with Crippen molar-refractivity contribution < 1.29 is 19.1 Å². The molecule has 2 rings (SSSR count). The second kappa shape index (κ2) is 12.7. The number of carbonyl (C=O) groups excluding carboxylic acids is 2. The molecule has 3 N–H and O–H groups in total. The number of rotatable bonds is 9. The van der Waals surface area contributed by atoms with Crippen molar-refractivity contribution in [2.45, 2.75) is 40.0 Å². The van der Waals surface area contributed by atoms with Crippen LogP contribution in [0, 0.1) is 5.92 Å². The Balaban J connectivity index is 1.82. The van der Waals surface area contributed by atoms with Gasteiger partial charge in [-0.15, -0.1) is 0 Å². The van der Waals surface area contributed by atoms with Crippen LogP contribution in [-0.4, -0.2) is 30.1 Å². The summed E-state index contributed by atoms with van der Waals surface area (Å²) in [5.41, 5.74) is 6.31. The predicted octanol–water partition coefficient (Wildman–Crippen LogP) is 3.95. The lowest BCUT2D eigenvalue weighted by Crippen LogP contribution is -2.49. The van der Waals surface area contributed by atoms with E-state index >= 15 is 0 Å². The van der Waals surface area contributed by atoms with E-state index in [0.717, 1.165) is 12.0 Å². The lowest BCUT2D eigenvalue weighted by atomic mass is 10.0. The number of thiocarbonyl (C=S) groups is 1. The first-order valence-corrected chi connectivity index (χ1v) is 11.0. The van der Waals surface area contributed by atoms with Crippen molar-refractivity contribution in [3.63, 3.8) is 0 Å². The summed E-state index contributed by atoms with van der Waals surface area (Å²) >= 11 is 5.11. The summed E-state index contributed by atoms with van der Waals surface area (Å²) < 4.78 is 11.4. The summed E-state index contributed by atoms with van der Waals surface area (Å²) in [6, 6.07) is 14.5. The van der Waals surface area contributed by atoms with Crippen LogP contribution < -0.4 is 25.6 Å². The Kier molecular flexibility index (Phi) is 9.94. The zero-order valence-electron chi connectivity index (χ0n) is 18.9. The van der Waals surface area contributed by atoms with Crippen LogP contribution in [0.5, 0.6) is 11.5 Å². The highest BCUT2D eigenvalue weighted by atomic mass is 32.1. The van der Waals surface area contributed by atoms with E-state index < -0.39 is 11.8 Å². The molecule has 7 nitrogen and oxygen atoms in total. The molecule has 2 aromatic rings. The summed E-state index contributed by atoms with van der Waals surface area (Å²) in [6.07, 6.45) is 0.881. The van der Waals surface area contributed by atoms with Gasteiger partial charge in [0.25, 0.3) is 11.8 Å². The summed E-state index contributed by atoms with van der Waals surface area (Å²) in [4.78, 5) is 24.7. The Labute approximate surface area is 194 Å². The lowest BCUT2D eigenvalue weighted by Gasteiger charge is -2.15. The van der Waals surface area contributed by atoms with Gasteiger partial charge in [0.2, 0.25) is 0 Å². The van der Waals surface area contributed by atoms with E-state index in [2.05, 4.69) is 43.9 Å². The van der Waals surface area contributed by atoms with E-state index in [-0.39, 0.29) is 17.6 Å². The second-order valence-corrected chi connectivity index (χ2v) is 8.37. The first-order valence-electron chi connectivity index (χ1n) is 10.6. The van der Waals surface area contributed by atoms with Crippen molar-refractivity contribution in [1.29, 1.82) is 0 Å². The van der Waals surface area contributed by atoms with Gasteiger partial charge in [-0.05, 0) is 54.2 Å².